The van der Waals surface area contributed by atoms with Crippen LogP contribution in [0.1, 0.15) is 11.1 Å². The molecular formula is C22H23NO6. The van der Waals surface area contributed by atoms with E-state index >= 15 is 0 Å². The Morgan fingerprint density at radius 1 is 0.793 bits per heavy atom. The molecule has 152 valence electrons. The summed E-state index contributed by atoms with van der Waals surface area (Å²) in [7, 11) is 5.69. The maximum absolute atomic E-state index is 12.4. The number of esters is 1. The minimum atomic E-state index is -0.786. The summed E-state index contributed by atoms with van der Waals surface area (Å²) in [6.45, 7) is 0. The molecule has 7 heteroatoms. The van der Waals surface area contributed by atoms with Gasteiger partial charge in [-0.15, -0.1) is 0 Å². The second-order valence-electron chi connectivity index (χ2n) is 5.84. The molecule has 0 unspecified atom stereocenters. The van der Waals surface area contributed by atoms with Crippen LogP contribution in [0.3, 0.4) is 0 Å². The molecule has 2 aromatic rings. The zero-order valence-electron chi connectivity index (χ0n) is 16.7. The van der Waals surface area contributed by atoms with Gasteiger partial charge in [0.2, 0.25) is 11.7 Å². The quantitative estimate of drug-likeness (QED) is 0.418. The minimum absolute atomic E-state index is 0.0185. The van der Waals surface area contributed by atoms with Crippen molar-refractivity contribution in [2.45, 2.75) is 0 Å². The summed E-state index contributed by atoms with van der Waals surface area (Å²) in [6.07, 6.45) is 3.01. The number of nitrogens with two attached hydrogens (primary N) is 1. The molecule has 2 rings (SSSR count). The van der Waals surface area contributed by atoms with Gasteiger partial charge in [0.1, 0.15) is 0 Å². The van der Waals surface area contributed by atoms with E-state index < -0.39 is 11.9 Å². The van der Waals surface area contributed by atoms with Crippen LogP contribution in [-0.2, 0) is 14.3 Å². The van der Waals surface area contributed by atoms with E-state index in [1.807, 2.05) is 18.2 Å². The number of ether oxygens (including phenoxy) is 4. The van der Waals surface area contributed by atoms with E-state index in [2.05, 4.69) is 0 Å². The standard InChI is InChI=1S/C22H23NO6/c1-26-18-12-15(13-19(27-2)20(18)28-3)11-16(21(23)24)17(22(25)29-4)10-14-8-6-5-7-9-14/h5-13H,1-4H3,(H2,23,24). The van der Waals surface area contributed by atoms with E-state index in [0.717, 1.165) is 0 Å². The summed E-state index contributed by atoms with van der Waals surface area (Å²) < 4.78 is 20.8. The molecule has 2 aromatic carbocycles. The smallest absolute Gasteiger partial charge is 0.338 e. The fraction of sp³-hybridized carbons (Fsp3) is 0.182. The van der Waals surface area contributed by atoms with E-state index in [0.29, 0.717) is 28.4 Å². The molecule has 0 saturated heterocycles. The van der Waals surface area contributed by atoms with Crippen LogP contribution in [0.15, 0.2) is 53.6 Å². The summed E-state index contributed by atoms with van der Waals surface area (Å²) in [5.74, 6) is -0.277. The zero-order chi connectivity index (χ0) is 21.4. The predicted molar refractivity (Wildman–Crippen MR) is 110 cm³/mol. The summed E-state index contributed by atoms with van der Waals surface area (Å²) in [5, 5.41) is 0. The van der Waals surface area contributed by atoms with Crippen molar-refractivity contribution < 1.29 is 28.5 Å². The molecule has 0 radical (unpaired) electrons. The first-order valence-corrected chi connectivity index (χ1v) is 8.62. The average molecular weight is 397 g/mol. The van der Waals surface area contributed by atoms with Gasteiger partial charge in [0, 0.05) is 0 Å². The van der Waals surface area contributed by atoms with Crippen molar-refractivity contribution in [3.63, 3.8) is 0 Å². The van der Waals surface area contributed by atoms with Gasteiger partial charge >= 0.3 is 5.97 Å². The second kappa shape index (κ2) is 9.98. The molecule has 1 amide bonds. The van der Waals surface area contributed by atoms with Gasteiger partial charge < -0.3 is 24.7 Å². The van der Waals surface area contributed by atoms with E-state index in [1.165, 1.54) is 34.5 Å². The maximum atomic E-state index is 12.4. The van der Waals surface area contributed by atoms with Gasteiger partial charge in [0.15, 0.2) is 11.5 Å². The van der Waals surface area contributed by atoms with E-state index in [1.54, 1.807) is 30.3 Å². The molecule has 0 aliphatic rings. The molecule has 7 nitrogen and oxygen atoms in total. The van der Waals surface area contributed by atoms with Gasteiger partial charge in [0.25, 0.3) is 0 Å². The molecular weight excluding hydrogens is 374 g/mol. The van der Waals surface area contributed by atoms with Crippen LogP contribution >= 0.6 is 0 Å². The number of rotatable bonds is 8. The monoisotopic (exact) mass is 397 g/mol. The summed E-state index contributed by atoms with van der Waals surface area (Å²) in [4.78, 5) is 24.6. The van der Waals surface area contributed by atoms with Gasteiger partial charge in [-0.2, -0.15) is 0 Å². The molecule has 0 heterocycles. The number of carbonyl (C=O) groups is 2. The fourth-order valence-corrected chi connectivity index (χ4v) is 2.71. The number of primary amides is 1. The van der Waals surface area contributed by atoms with Crippen LogP contribution in [0, 0.1) is 0 Å². The highest BCUT2D eigenvalue weighted by atomic mass is 16.5. The van der Waals surface area contributed by atoms with Gasteiger partial charge in [-0.1, -0.05) is 30.3 Å². The highest BCUT2D eigenvalue weighted by Gasteiger charge is 2.21. The molecule has 0 aromatic heterocycles. The highest BCUT2D eigenvalue weighted by Crippen LogP contribution is 2.39. The molecule has 0 fully saturated rings. The average Bonchev–Trinajstić information content (AvgIpc) is 2.75. The van der Waals surface area contributed by atoms with E-state index in [4.69, 9.17) is 24.7 Å². The number of carbonyl (C=O) groups excluding carboxylic acids is 2. The first kappa shape index (κ1) is 21.6. The SMILES string of the molecule is COC(=O)C(=Cc1ccccc1)C(=Cc1cc(OC)c(OC)c(OC)c1)C(N)=O. The topological polar surface area (TPSA) is 97.1 Å². The Morgan fingerprint density at radius 2 is 1.34 bits per heavy atom. The second-order valence-corrected chi connectivity index (χ2v) is 5.84. The van der Waals surface area contributed by atoms with Crippen LogP contribution in [0.2, 0.25) is 0 Å². The molecule has 2 N–H and O–H groups in total. The number of hydrogen-bond acceptors (Lipinski definition) is 6. The summed E-state index contributed by atoms with van der Waals surface area (Å²) >= 11 is 0. The lowest BCUT2D eigenvalue weighted by Crippen LogP contribution is -2.20. The van der Waals surface area contributed by atoms with Crippen molar-refractivity contribution in [1.29, 1.82) is 0 Å². The number of methoxy groups -OCH3 is 4. The van der Waals surface area contributed by atoms with E-state index in [-0.39, 0.29) is 11.1 Å². The zero-order valence-corrected chi connectivity index (χ0v) is 16.7. The van der Waals surface area contributed by atoms with Crippen LogP contribution in [0.5, 0.6) is 17.2 Å². The Morgan fingerprint density at radius 3 is 1.79 bits per heavy atom. The number of amides is 1. The minimum Gasteiger partial charge on any atom is -0.493 e. The van der Waals surface area contributed by atoms with Crippen LogP contribution in [0.4, 0.5) is 0 Å². The van der Waals surface area contributed by atoms with Gasteiger partial charge in [0.05, 0.1) is 39.6 Å². The molecule has 0 aliphatic heterocycles. The van der Waals surface area contributed by atoms with Crippen molar-refractivity contribution in [1.82, 2.24) is 0 Å². The Labute approximate surface area is 169 Å². The van der Waals surface area contributed by atoms with Crippen LogP contribution < -0.4 is 19.9 Å². The third-order valence-electron chi connectivity index (χ3n) is 4.07. The lowest BCUT2D eigenvalue weighted by molar-refractivity contribution is -0.136. The lowest BCUT2D eigenvalue weighted by atomic mass is 9.99. The number of hydrogen-bond donors (Lipinski definition) is 1. The van der Waals surface area contributed by atoms with Crippen molar-refractivity contribution in [2.75, 3.05) is 28.4 Å². The van der Waals surface area contributed by atoms with Crippen molar-refractivity contribution >= 4 is 24.0 Å². The summed E-state index contributed by atoms with van der Waals surface area (Å²) in [5.41, 5.74) is 6.83. The Kier molecular flexibility index (Phi) is 7.42. The van der Waals surface area contributed by atoms with Crippen molar-refractivity contribution in [2.24, 2.45) is 5.73 Å². The maximum Gasteiger partial charge on any atom is 0.338 e. The third-order valence-corrected chi connectivity index (χ3v) is 4.07. The molecule has 0 saturated carbocycles. The van der Waals surface area contributed by atoms with Crippen LogP contribution in [-0.4, -0.2) is 40.3 Å². The largest absolute Gasteiger partial charge is 0.493 e. The van der Waals surface area contributed by atoms with Crippen LogP contribution in [0.25, 0.3) is 12.2 Å². The van der Waals surface area contributed by atoms with Gasteiger partial charge in [-0.05, 0) is 35.4 Å². The van der Waals surface area contributed by atoms with Crippen molar-refractivity contribution in [3.8, 4) is 17.2 Å². The Hall–Kier alpha value is -3.74. The summed E-state index contributed by atoms with van der Waals surface area (Å²) in [6, 6.07) is 12.3. The molecule has 0 atom stereocenters. The first-order chi connectivity index (χ1) is 13.9. The fourth-order valence-electron chi connectivity index (χ4n) is 2.71. The Bertz CT molecular complexity index is 922. The van der Waals surface area contributed by atoms with Gasteiger partial charge in [-0.3, -0.25) is 4.79 Å². The normalized spacial score (nSPS) is 11.6. The van der Waals surface area contributed by atoms with E-state index in [9.17, 15) is 9.59 Å². The first-order valence-electron chi connectivity index (χ1n) is 8.62. The predicted octanol–water partition coefficient (Wildman–Crippen LogP) is 2.84. The highest BCUT2D eigenvalue weighted by molar-refractivity contribution is 6.14. The third kappa shape index (κ3) is 5.16. The number of benzene rings is 2. The Balaban J connectivity index is 2.67. The van der Waals surface area contributed by atoms with Gasteiger partial charge in [-0.25, -0.2) is 4.79 Å². The lowest BCUT2D eigenvalue weighted by Gasteiger charge is -2.14. The molecule has 29 heavy (non-hydrogen) atoms. The molecule has 0 spiro atoms. The van der Waals surface area contributed by atoms with Crippen molar-refractivity contribution in [3.05, 3.63) is 64.7 Å². The molecule has 0 aliphatic carbocycles. The molecule has 0 bridgehead atoms.